The van der Waals surface area contributed by atoms with Gasteiger partial charge in [-0.25, -0.2) is 9.59 Å². The standard InChI is InChI=1S/C10H13F3N2O4/c11-10(12,13)9(1-2-9)14-8(19)15-4-5(16)3-6(15)7(17)18/h5-6,16H,1-4H2,(H,14,19)(H,17,18)/t5-,6-/m1/s1. The van der Waals surface area contributed by atoms with Crippen molar-refractivity contribution in [1.82, 2.24) is 10.2 Å². The summed E-state index contributed by atoms with van der Waals surface area (Å²) in [5.74, 6) is -1.34. The highest BCUT2D eigenvalue weighted by molar-refractivity contribution is 5.84. The third-order valence-electron chi connectivity index (χ3n) is 3.46. The zero-order chi connectivity index (χ0) is 14.4. The maximum atomic E-state index is 12.7. The number of amides is 2. The molecule has 0 aromatic rings. The molecule has 1 heterocycles. The SMILES string of the molecule is O=C(O)[C@H]1C[C@@H](O)CN1C(=O)NC1(C(F)(F)F)CC1. The quantitative estimate of drug-likeness (QED) is 0.680. The second-order valence-electron chi connectivity index (χ2n) is 4.91. The number of halogens is 3. The van der Waals surface area contributed by atoms with Crippen molar-refractivity contribution in [3.63, 3.8) is 0 Å². The van der Waals surface area contributed by atoms with Crippen molar-refractivity contribution in [1.29, 1.82) is 0 Å². The van der Waals surface area contributed by atoms with Gasteiger partial charge in [0.25, 0.3) is 0 Å². The predicted molar refractivity (Wildman–Crippen MR) is 55.3 cm³/mol. The molecule has 19 heavy (non-hydrogen) atoms. The minimum atomic E-state index is -4.56. The normalized spacial score (nSPS) is 29.2. The largest absolute Gasteiger partial charge is 0.480 e. The minimum absolute atomic E-state index is 0.179. The molecule has 108 valence electrons. The summed E-state index contributed by atoms with van der Waals surface area (Å²) in [6.45, 7) is -0.281. The zero-order valence-corrected chi connectivity index (χ0v) is 9.78. The Morgan fingerprint density at radius 2 is 1.89 bits per heavy atom. The Morgan fingerprint density at radius 1 is 1.32 bits per heavy atom. The Hall–Kier alpha value is -1.51. The summed E-state index contributed by atoms with van der Waals surface area (Å²) in [5, 5.41) is 20.0. The molecule has 1 saturated carbocycles. The predicted octanol–water partition coefficient (Wildman–Crippen LogP) is 0.311. The molecular formula is C10H13F3N2O4. The van der Waals surface area contributed by atoms with Crippen molar-refractivity contribution in [2.24, 2.45) is 0 Å². The summed E-state index contributed by atoms with van der Waals surface area (Å²) in [7, 11) is 0. The number of alkyl halides is 3. The summed E-state index contributed by atoms with van der Waals surface area (Å²) >= 11 is 0. The Kier molecular flexibility index (Phi) is 3.12. The zero-order valence-electron chi connectivity index (χ0n) is 9.78. The van der Waals surface area contributed by atoms with Gasteiger partial charge < -0.3 is 20.4 Å². The number of aliphatic hydroxyl groups excluding tert-OH is 1. The van der Waals surface area contributed by atoms with Crippen LogP contribution >= 0.6 is 0 Å². The average Bonchev–Trinajstić information content (AvgIpc) is 2.93. The van der Waals surface area contributed by atoms with Crippen molar-refractivity contribution >= 4 is 12.0 Å². The number of urea groups is 1. The van der Waals surface area contributed by atoms with Crippen molar-refractivity contribution in [2.45, 2.75) is 43.1 Å². The number of likely N-dealkylation sites (tertiary alicyclic amines) is 1. The Bertz CT molecular complexity index is 408. The monoisotopic (exact) mass is 282 g/mol. The first-order valence-corrected chi connectivity index (χ1v) is 5.73. The van der Waals surface area contributed by atoms with E-state index in [9.17, 15) is 27.9 Å². The molecule has 0 aromatic heterocycles. The van der Waals surface area contributed by atoms with Crippen molar-refractivity contribution in [2.75, 3.05) is 6.54 Å². The first kappa shape index (κ1) is 13.9. The third-order valence-corrected chi connectivity index (χ3v) is 3.46. The lowest BCUT2D eigenvalue weighted by atomic mass is 10.2. The summed E-state index contributed by atoms with van der Waals surface area (Å²) in [6.07, 6.45) is -6.19. The van der Waals surface area contributed by atoms with Gasteiger partial charge in [0.1, 0.15) is 11.6 Å². The highest BCUT2D eigenvalue weighted by Gasteiger charge is 2.65. The molecule has 0 unspecified atom stereocenters. The lowest BCUT2D eigenvalue weighted by Gasteiger charge is -2.26. The van der Waals surface area contributed by atoms with Gasteiger partial charge in [-0.05, 0) is 12.8 Å². The van der Waals surface area contributed by atoms with Crippen LogP contribution in [0.1, 0.15) is 19.3 Å². The van der Waals surface area contributed by atoms with Crippen LogP contribution in [-0.2, 0) is 4.79 Å². The smallest absolute Gasteiger partial charge is 0.411 e. The first-order valence-electron chi connectivity index (χ1n) is 5.73. The van der Waals surface area contributed by atoms with Crippen LogP contribution in [-0.4, -0.2) is 57.5 Å². The number of aliphatic hydroxyl groups is 1. The molecule has 3 N–H and O–H groups in total. The van der Waals surface area contributed by atoms with Crippen LogP contribution in [0.3, 0.4) is 0 Å². The number of aliphatic carboxylic acids is 1. The Balaban J connectivity index is 2.06. The van der Waals surface area contributed by atoms with E-state index in [0.717, 1.165) is 4.90 Å². The van der Waals surface area contributed by atoms with E-state index >= 15 is 0 Å². The number of nitrogens with one attached hydrogen (secondary N) is 1. The molecule has 2 amide bonds. The molecule has 0 aromatic carbocycles. The first-order chi connectivity index (χ1) is 8.66. The van der Waals surface area contributed by atoms with Gasteiger partial charge in [0.2, 0.25) is 0 Å². The molecular weight excluding hydrogens is 269 g/mol. The Labute approximate surface area is 106 Å². The van der Waals surface area contributed by atoms with Crippen LogP contribution in [0, 0.1) is 0 Å². The number of carboxylic acids is 1. The van der Waals surface area contributed by atoms with E-state index in [0.29, 0.717) is 0 Å². The van der Waals surface area contributed by atoms with Crippen LogP contribution in [0.25, 0.3) is 0 Å². The second kappa shape index (κ2) is 4.26. The summed E-state index contributed by atoms with van der Waals surface area (Å²) in [6, 6.07) is -2.39. The maximum Gasteiger partial charge on any atom is 0.411 e. The van der Waals surface area contributed by atoms with E-state index in [2.05, 4.69) is 0 Å². The molecule has 2 fully saturated rings. The van der Waals surface area contributed by atoms with Crippen molar-refractivity contribution in [3.8, 4) is 0 Å². The molecule has 0 radical (unpaired) electrons. The lowest BCUT2D eigenvalue weighted by molar-refractivity contribution is -0.163. The van der Waals surface area contributed by atoms with Crippen molar-refractivity contribution < 1.29 is 33.0 Å². The van der Waals surface area contributed by atoms with Gasteiger partial charge >= 0.3 is 18.2 Å². The average molecular weight is 282 g/mol. The number of nitrogens with zero attached hydrogens (tertiary/aromatic N) is 1. The van der Waals surface area contributed by atoms with Gasteiger partial charge in [-0.2, -0.15) is 13.2 Å². The summed E-state index contributed by atoms with van der Waals surface area (Å²) in [5.41, 5.74) is -2.24. The fourth-order valence-corrected chi connectivity index (χ4v) is 2.15. The second-order valence-corrected chi connectivity index (χ2v) is 4.91. The third kappa shape index (κ3) is 2.46. The number of carbonyl (C=O) groups excluding carboxylic acids is 1. The fraction of sp³-hybridized carbons (Fsp3) is 0.800. The summed E-state index contributed by atoms with van der Waals surface area (Å²) < 4.78 is 38.0. The topological polar surface area (TPSA) is 89.9 Å². The highest BCUT2D eigenvalue weighted by atomic mass is 19.4. The fourth-order valence-electron chi connectivity index (χ4n) is 2.15. The molecule has 9 heteroatoms. The van der Waals surface area contributed by atoms with Gasteiger partial charge in [0.15, 0.2) is 0 Å². The molecule has 6 nitrogen and oxygen atoms in total. The van der Waals surface area contributed by atoms with E-state index in [1.807, 2.05) is 5.32 Å². The molecule has 2 rings (SSSR count). The number of hydrogen-bond donors (Lipinski definition) is 3. The number of hydrogen-bond acceptors (Lipinski definition) is 3. The molecule has 1 saturated heterocycles. The number of carboxylic acid groups (broad SMARTS) is 1. The van der Waals surface area contributed by atoms with E-state index < -0.39 is 35.9 Å². The van der Waals surface area contributed by atoms with Crippen LogP contribution in [0.15, 0.2) is 0 Å². The number of β-amino-alcohol motifs (C(OH)–C–C–N with tert-alkyl or cyclic N) is 1. The van der Waals surface area contributed by atoms with E-state index in [4.69, 9.17) is 5.11 Å². The minimum Gasteiger partial charge on any atom is -0.480 e. The molecule has 2 atom stereocenters. The van der Waals surface area contributed by atoms with Crippen LogP contribution in [0.4, 0.5) is 18.0 Å². The van der Waals surface area contributed by atoms with Crippen LogP contribution in [0.5, 0.6) is 0 Å². The molecule has 1 aliphatic carbocycles. The maximum absolute atomic E-state index is 12.7. The van der Waals surface area contributed by atoms with Gasteiger partial charge in [-0.1, -0.05) is 0 Å². The van der Waals surface area contributed by atoms with Gasteiger partial charge in [-0.3, -0.25) is 0 Å². The molecule has 2 aliphatic rings. The van der Waals surface area contributed by atoms with Gasteiger partial charge in [-0.15, -0.1) is 0 Å². The van der Waals surface area contributed by atoms with Crippen molar-refractivity contribution in [3.05, 3.63) is 0 Å². The van der Waals surface area contributed by atoms with Gasteiger partial charge in [0, 0.05) is 13.0 Å². The van der Waals surface area contributed by atoms with E-state index in [-0.39, 0.29) is 25.8 Å². The van der Waals surface area contributed by atoms with Crippen LogP contribution in [0.2, 0.25) is 0 Å². The molecule has 0 spiro atoms. The van der Waals surface area contributed by atoms with Crippen LogP contribution < -0.4 is 5.32 Å². The molecule has 1 aliphatic heterocycles. The number of carbonyl (C=O) groups is 2. The number of rotatable bonds is 2. The highest BCUT2D eigenvalue weighted by Crippen LogP contribution is 2.49. The lowest BCUT2D eigenvalue weighted by Crippen LogP contribution is -2.54. The van der Waals surface area contributed by atoms with E-state index in [1.165, 1.54) is 0 Å². The van der Waals surface area contributed by atoms with Gasteiger partial charge in [0.05, 0.1) is 6.10 Å². The summed E-state index contributed by atoms with van der Waals surface area (Å²) in [4.78, 5) is 23.4. The Morgan fingerprint density at radius 3 is 2.32 bits per heavy atom. The molecule has 0 bridgehead atoms. The van der Waals surface area contributed by atoms with E-state index in [1.54, 1.807) is 0 Å².